The minimum Gasteiger partial charge on any atom is -0.477 e. The third-order valence-corrected chi connectivity index (χ3v) is 5.22. The Labute approximate surface area is 109 Å². The maximum Gasteiger partial charge on any atom is 0.345 e. The van der Waals surface area contributed by atoms with Gasteiger partial charge in [-0.15, -0.1) is 11.3 Å². The number of hydrogen-bond donors (Lipinski definition) is 3. The van der Waals surface area contributed by atoms with Gasteiger partial charge in [-0.1, -0.05) is 6.92 Å². The molecule has 0 amide bonds. The fraction of sp³-hybridized carbons (Fsp3) is 0.500. The first-order valence-electron chi connectivity index (χ1n) is 5.28. The summed E-state index contributed by atoms with van der Waals surface area (Å²) in [6.07, 6.45) is 0.449. The van der Waals surface area contributed by atoms with E-state index in [-0.39, 0.29) is 16.4 Å². The lowest BCUT2D eigenvalue weighted by Gasteiger charge is -2.13. The molecule has 3 N–H and O–H groups in total. The Morgan fingerprint density at radius 2 is 2.17 bits per heavy atom. The van der Waals surface area contributed by atoms with Gasteiger partial charge in [0.05, 0.1) is 11.5 Å². The molecular weight excluding hydrogens is 278 g/mol. The zero-order chi connectivity index (χ0) is 13.9. The van der Waals surface area contributed by atoms with Gasteiger partial charge in [0, 0.05) is 10.9 Å². The SMILES string of the molecule is CCC(CO)NS(=O)(=O)c1cc(C(=O)O)sc1C. The van der Waals surface area contributed by atoms with Crippen LogP contribution in [0.15, 0.2) is 11.0 Å². The zero-order valence-corrected chi connectivity index (χ0v) is 11.6. The number of aryl methyl sites for hydroxylation is 1. The predicted octanol–water partition coefficient (Wildman–Crippen LogP) is 0.804. The number of aliphatic hydroxyl groups is 1. The lowest BCUT2D eigenvalue weighted by atomic mass is 10.3. The van der Waals surface area contributed by atoms with Crippen molar-refractivity contribution in [3.63, 3.8) is 0 Å². The predicted molar refractivity (Wildman–Crippen MR) is 67.5 cm³/mol. The van der Waals surface area contributed by atoms with Crippen LogP contribution in [0.2, 0.25) is 0 Å². The van der Waals surface area contributed by atoms with Crippen LogP contribution in [0.1, 0.15) is 27.9 Å². The van der Waals surface area contributed by atoms with Gasteiger partial charge < -0.3 is 10.2 Å². The van der Waals surface area contributed by atoms with Gasteiger partial charge in [0.2, 0.25) is 10.0 Å². The molecule has 0 saturated heterocycles. The van der Waals surface area contributed by atoms with Crippen LogP contribution in [-0.4, -0.2) is 37.2 Å². The standard InChI is InChI=1S/C10H15NO5S2/c1-3-7(5-12)11-18(15,16)9-4-8(10(13)14)17-6(9)2/h4,7,11-12H,3,5H2,1-2H3,(H,13,14). The number of carboxylic acid groups (broad SMARTS) is 1. The van der Waals surface area contributed by atoms with Crippen LogP contribution in [0.3, 0.4) is 0 Å². The number of carbonyl (C=O) groups is 1. The van der Waals surface area contributed by atoms with Crippen molar-refractivity contribution in [1.29, 1.82) is 0 Å². The summed E-state index contributed by atoms with van der Waals surface area (Å²) in [7, 11) is -3.79. The smallest absolute Gasteiger partial charge is 0.345 e. The van der Waals surface area contributed by atoms with E-state index in [1.807, 2.05) is 0 Å². The van der Waals surface area contributed by atoms with Gasteiger partial charge in [0.1, 0.15) is 4.88 Å². The summed E-state index contributed by atoms with van der Waals surface area (Å²) in [5.41, 5.74) is 0. The summed E-state index contributed by atoms with van der Waals surface area (Å²) in [5, 5.41) is 17.8. The summed E-state index contributed by atoms with van der Waals surface area (Å²) in [6, 6.07) is 0.567. The highest BCUT2D eigenvalue weighted by Gasteiger charge is 2.24. The molecule has 0 fully saturated rings. The van der Waals surface area contributed by atoms with E-state index in [0.717, 1.165) is 17.4 Å². The van der Waals surface area contributed by atoms with Crippen molar-refractivity contribution >= 4 is 27.3 Å². The van der Waals surface area contributed by atoms with Gasteiger partial charge in [0.25, 0.3) is 0 Å². The fourth-order valence-corrected chi connectivity index (χ4v) is 4.11. The Hall–Kier alpha value is -0.960. The number of carboxylic acids is 1. The molecule has 0 radical (unpaired) electrons. The number of nitrogens with one attached hydrogen (secondary N) is 1. The van der Waals surface area contributed by atoms with Crippen molar-refractivity contribution < 1.29 is 23.4 Å². The first-order valence-corrected chi connectivity index (χ1v) is 7.58. The third kappa shape index (κ3) is 3.29. The van der Waals surface area contributed by atoms with E-state index in [2.05, 4.69) is 4.72 Å². The number of hydrogen-bond acceptors (Lipinski definition) is 5. The van der Waals surface area contributed by atoms with Gasteiger partial charge in [-0.25, -0.2) is 17.9 Å². The van der Waals surface area contributed by atoms with E-state index >= 15 is 0 Å². The summed E-state index contributed by atoms with van der Waals surface area (Å²) in [4.78, 5) is 11.1. The van der Waals surface area contributed by atoms with Gasteiger partial charge in [-0.3, -0.25) is 0 Å². The molecule has 0 aliphatic heterocycles. The second kappa shape index (κ2) is 5.79. The molecule has 0 spiro atoms. The number of aromatic carboxylic acids is 1. The maximum atomic E-state index is 12.0. The number of aliphatic hydroxyl groups excluding tert-OH is 1. The molecular formula is C10H15NO5S2. The third-order valence-electron chi connectivity index (χ3n) is 2.41. The summed E-state index contributed by atoms with van der Waals surface area (Å²) >= 11 is 0.910. The van der Waals surface area contributed by atoms with E-state index in [9.17, 15) is 13.2 Å². The average Bonchev–Trinajstić information content (AvgIpc) is 2.69. The lowest BCUT2D eigenvalue weighted by molar-refractivity contribution is 0.0702. The topological polar surface area (TPSA) is 104 Å². The van der Waals surface area contributed by atoms with Crippen molar-refractivity contribution in [1.82, 2.24) is 4.72 Å². The summed E-state index contributed by atoms with van der Waals surface area (Å²) in [5.74, 6) is -1.15. The first-order chi connectivity index (χ1) is 8.31. The number of sulfonamides is 1. The van der Waals surface area contributed by atoms with Crippen molar-refractivity contribution in [2.75, 3.05) is 6.61 Å². The average molecular weight is 293 g/mol. The van der Waals surface area contributed by atoms with Crippen LogP contribution in [0.4, 0.5) is 0 Å². The molecule has 1 rings (SSSR count). The second-order valence-corrected chi connectivity index (χ2v) is 6.68. The molecule has 1 heterocycles. The molecule has 1 aromatic heterocycles. The van der Waals surface area contributed by atoms with Crippen LogP contribution < -0.4 is 4.72 Å². The summed E-state index contributed by atoms with van der Waals surface area (Å²) < 4.78 is 26.4. The molecule has 18 heavy (non-hydrogen) atoms. The Balaban J connectivity index is 3.09. The van der Waals surface area contributed by atoms with E-state index in [1.54, 1.807) is 13.8 Å². The molecule has 0 bridgehead atoms. The van der Waals surface area contributed by atoms with Gasteiger partial charge in [-0.05, 0) is 19.4 Å². The largest absolute Gasteiger partial charge is 0.477 e. The molecule has 0 aromatic carbocycles. The quantitative estimate of drug-likeness (QED) is 0.720. The normalized spacial score (nSPS) is 13.5. The summed E-state index contributed by atoms with van der Waals surface area (Å²) in [6.45, 7) is 2.99. The van der Waals surface area contributed by atoms with Crippen molar-refractivity contribution in [2.45, 2.75) is 31.2 Å². The highest BCUT2D eigenvalue weighted by Crippen LogP contribution is 2.25. The molecule has 1 atom stereocenters. The minimum absolute atomic E-state index is 0.0232. The van der Waals surface area contributed by atoms with Gasteiger partial charge >= 0.3 is 5.97 Å². The molecule has 102 valence electrons. The maximum absolute atomic E-state index is 12.0. The minimum atomic E-state index is -3.79. The molecule has 0 aliphatic carbocycles. The van der Waals surface area contributed by atoms with Crippen molar-refractivity contribution in [3.8, 4) is 0 Å². The van der Waals surface area contributed by atoms with E-state index in [4.69, 9.17) is 10.2 Å². The second-order valence-electron chi connectivity index (χ2n) is 3.75. The van der Waals surface area contributed by atoms with E-state index < -0.39 is 22.0 Å². The van der Waals surface area contributed by atoms with Crippen molar-refractivity contribution in [2.24, 2.45) is 0 Å². The van der Waals surface area contributed by atoms with Crippen LogP contribution in [-0.2, 0) is 10.0 Å². The molecule has 1 aromatic rings. The van der Waals surface area contributed by atoms with E-state index in [0.29, 0.717) is 11.3 Å². The van der Waals surface area contributed by atoms with Crippen LogP contribution in [0.5, 0.6) is 0 Å². The highest BCUT2D eigenvalue weighted by molar-refractivity contribution is 7.89. The Morgan fingerprint density at radius 3 is 2.56 bits per heavy atom. The molecule has 8 heteroatoms. The highest BCUT2D eigenvalue weighted by atomic mass is 32.2. The van der Waals surface area contributed by atoms with Crippen LogP contribution in [0.25, 0.3) is 0 Å². The monoisotopic (exact) mass is 293 g/mol. The van der Waals surface area contributed by atoms with Crippen LogP contribution >= 0.6 is 11.3 Å². The first kappa shape index (κ1) is 15.1. The molecule has 0 aliphatic rings. The molecule has 0 saturated carbocycles. The van der Waals surface area contributed by atoms with Gasteiger partial charge in [0.15, 0.2) is 0 Å². The Morgan fingerprint density at radius 1 is 1.56 bits per heavy atom. The Bertz CT molecular complexity index is 530. The molecule has 1 unspecified atom stereocenters. The lowest BCUT2D eigenvalue weighted by Crippen LogP contribution is -2.36. The Kier molecular flexibility index (Phi) is 4.85. The van der Waals surface area contributed by atoms with Crippen LogP contribution in [0, 0.1) is 6.92 Å². The van der Waals surface area contributed by atoms with E-state index in [1.165, 1.54) is 0 Å². The zero-order valence-electron chi connectivity index (χ0n) is 10.0. The van der Waals surface area contributed by atoms with Gasteiger partial charge in [-0.2, -0.15) is 0 Å². The fourth-order valence-electron chi connectivity index (χ4n) is 1.37. The molecule has 6 nitrogen and oxygen atoms in total. The van der Waals surface area contributed by atoms with Crippen molar-refractivity contribution in [3.05, 3.63) is 15.8 Å². The number of thiophene rings is 1. The number of rotatable bonds is 6.